The van der Waals surface area contributed by atoms with E-state index in [9.17, 15) is 14.4 Å². The molecule has 196 valence electrons. The molecule has 0 radical (unpaired) electrons. The SMILES string of the molecule is COCC1C(=O)N(Cc2ccc3c(N)ncnc3c2)CCN1C(=O)COc1sc(Cl)cc1CC(=O)OC. The van der Waals surface area contributed by atoms with Crippen LogP contribution in [-0.4, -0.2) is 84.1 Å². The standard InChI is InChI=1S/C24H26ClN5O6S/c1-34-11-18-23(33)29(10-14-3-4-16-17(7-14)27-13-28-22(16)26)5-6-30(18)20(31)12-36-24-15(8-19(25)37-24)9-21(32)35-2/h3-4,7-8,13,18H,5-6,9-12H2,1-2H3,(H2,26,27,28). The van der Waals surface area contributed by atoms with Crippen LogP contribution in [0.5, 0.6) is 5.06 Å². The van der Waals surface area contributed by atoms with Gasteiger partial charge in [0.2, 0.25) is 5.91 Å². The number of aromatic nitrogens is 2. The Labute approximate surface area is 222 Å². The Balaban J connectivity index is 1.43. The van der Waals surface area contributed by atoms with Crippen molar-refractivity contribution in [3.63, 3.8) is 0 Å². The van der Waals surface area contributed by atoms with Crippen LogP contribution in [0.15, 0.2) is 30.6 Å². The van der Waals surface area contributed by atoms with Crippen molar-refractivity contribution in [2.75, 3.05) is 46.3 Å². The molecule has 1 fully saturated rings. The number of nitrogens with two attached hydrogens (primary N) is 1. The van der Waals surface area contributed by atoms with Crippen LogP contribution < -0.4 is 10.5 Å². The molecule has 37 heavy (non-hydrogen) atoms. The Morgan fingerprint density at radius 1 is 1.22 bits per heavy atom. The number of hydrogen-bond acceptors (Lipinski definition) is 10. The summed E-state index contributed by atoms with van der Waals surface area (Å²) >= 11 is 7.19. The summed E-state index contributed by atoms with van der Waals surface area (Å²) in [5.74, 6) is -0.657. The maximum Gasteiger partial charge on any atom is 0.310 e. The van der Waals surface area contributed by atoms with E-state index >= 15 is 0 Å². The van der Waals surface area contributed by atoms with Gasteiger partial charge in [-0.1, -0.05) is 29.0 Å². The average molecular weight is 548 g/mol. The third-order valence-electron chi connectivity index (χ3n) is 5.96. The van der Waals surface area contributed by atoms with Crippen molar-refractivity contribution in [1.29, 1.82) is 0 Å². The molecular weight excluding hydrogens is 522 g/mol. The number of rotatable bonds is 9. The summed E-state index contributed by atoms with van der Waals surface area (Å²) in [6, 6.07) is 6.39. The molecular formula is C24H26ClN5O6S. The first-order chi connectivity index (χ1) is 17.8. The molecule has 1 aliphatic rings. The second kappa shape index (κ2) is 11.7. The van der Waals surface area contributed by atoms with Gasteiger partial charge in [0.1, 0.15) is 18.2 Å². The number of esters is 1. The second-order valence-corrected chi connectivity index (χ2v) is 9.98. The number of carbonyl (C=O) groups is 3. The smallest absolute Gasteiger partial charge is 0.310 e. The molecule has 1 aliphatic heterocycles. The van der Waals surface area contributed by atoms with E-state index in [1.807, 2.05) is 18.2 Å². The number of halogens is 1. The van der Waals surface area contributed by atoms with E-state index in [0.29, 0.717) is 45.9 Å². The monoisotopic (exact) mass is 547 g/mol. The number of fused-ring (bicyclic) bond motifs is 1. The molecule has 1 aromatic carbocycles. The van der Waals surface area contributed by atoms with Gasteiger partial charge in [-0.05, 0) is 23.8 Å². The van der Waals surface area contributed by atoms with Crippen molar-refractivity contribution in [1.82, 2.24) is 19.8 Å². The predicted molar refractivity (Wildman–Crippen MR) is 137 cm³/mol. The van der Waals surface area contributed by atoms with Crippen molar-refractivity contribution in [2.45, 2.75) is 19.0 Å². The number of hydrogen-bond donors (Lipinski definition) is 1. The lowest BCUT2D eigenvalue weighted by molar-refractivity contribution is -0.155. The molecule has 11 nitrogen and oxygen atoms in total. The molecule has 2 amide bonds. The Morgan fingerprint density at radius 2 is 2.03 bits per heavy atom. The zero-order valence-electron chi connectivity index (χ0n) is 20.3. The lowest BCUT2D eigenvalue weighted by Crippen LogP contribution is -2.60. The Hall–Kier alpha value is -3.48. The summed E-state index contributed by atoms with van der Waals surface area (Å²) < 4.78 is 16.1. The molecule has 4 rings (SSSR count). The number of thiophene rings is 1. The van der Waals surface area contributed by atoms with Crippen LogP contribution in [0.4, 0.5) is 5.82 Å². The third kappa shape index (κ3) is 6.09. The summed E-state index contributed by atoms with van der Waals surface area (Å²) in [7, 11) is 2.77. The van der Waals surface area contributed by atoms with Crippen LogP contribution in [0.2, 0.25) is 4.34 Å². The van der Waals surface area contributed by atoms with Crippen LogP contribution in [0.1, 0.15) is 11.1 Å². The minimum atomic E-state index is -0.797. The van der Waals surface area contributed by atoms with Crippen molar-refractivity contribution < 1.29 is 28.6 Å². The van der Waals surface area contributed by atoms with Gasteiger partial charge >= 0.3 is 5.97 Å². The first-order valence-electron chi connectivity index (χ1n) is 11.3. The van der Waals surface area contributed by atoms with E-state index in [1.54, 1.807) is 11.0 Å². The van der Waals surface area contributed by atoms with Crippen molar-refractivity contribution in [3.05, 3.63) is 46.1 Å². The van der Waals surface area contributed by atoms with Gasteiger partial charge in [0.25, 0.3) is 5.91 Å². The minimum Gasteiger partial charge on any atom is -0.474 e. The summed E-state index contributed by atoms with van der Waals surface area (Å²) in [4.78, 5) is 49.5. The zero-order chi connectivity index (χ0) is 26.5. The van der Waals surface area contributed by atoms with Crippen molar-refractivity contribution >= 4 is 57.4 Å². The summed E-state index contributed by atoms with van der Waals surface area (Å²) in [5.41, 5.74) is 8.01. The van der Waals surface area contributed by atoms with E-state index in [1.165, 1.54) is 25.4 Å². The lowest BCUT2D eigenvalue weighted by atomic mass is 10.1. The molecule has 3 aromatic rings. The first kappa shape index (κ1) is 26.6. The highest BCUT2D eigenvalue weighted by Gasteiger charge is 2.37. The van der Waals surface area contributed by atoms with Gasteiger partial charge in [-0.15, -0.1) is 0 Å². The molecule has 1 atom stereocenters. The molecule has 1 unspecified atom stereocenters. The number of benzene rings is 1. The highest BCUT2D eigenvalue weighted by molar-refractivity contribution is 7.18. The van der Waals surface area contributed by atoms with Gasteiger partial charge < -0.3 is 29.7 Å². The first-order valence-corrected chi connectivity index (χ1v) is 12.5. The van der Waals surface area contributed by atoms with Gasteiger partial charge in [0.15, 0.2) is 11.7 Å². The van der Waals surface area contributed by atoms with E-state index in [-0.39, 0.29) is 31.4 Å². The number of carbonyl (C=O) groups excluding carboxylic acids is 3. The maximum atomic E-state index is 13.3. The highest BCUT2D eigenvalue weighted by Crippen LogP contribution is 2.34. The topological polar surface area (TPSA) is 137 Å². The number of ether oxygens (including phenoxy) is 3. The Morgan fingerprint density at radius 3 is 2.78 bits per heavy atom. The molecule has 1 saturated heterocycles. The molecule has 0 aliphatic carbocycles. The summed E-state index contributed by atoms with van der Waals surface area (Å²) in [5, 5.41) is 1.10. The third-order valence-corrected chi connectivity index (χ3v) is 7.18. The van der Waals surface area contributed by atoms with Gasteiger partial charge in [0, 0.05) is 37.7 Å². The molecule has 0 spiro atoms. The maximum absolute atomic E-state index is 13.3. The summed E-state index contributed by atoms with van der Waals surface area (Å²) in [6.45, 7) is 0.728. The fourth-order valence-electron chi connectivity index (χ4n) is 4.12. The van der Waals surface area contributed by atoms with Gasteiger partial charge in [-0.2, -0.15) is 0 Å². The number of methoxy groups -OCH3 is 2. The van der Waals surface area contributed by atoms with Gasteiger partial charge in [-0.3, -0.25) is 14.4 Å². The van der Waals surface area contributed by atoms with E-state index in [0.717, 1.165) is 22.3 Å². The van der Waals surface area contributed by atoms with Gasteiger partial charge in [0.05, 0.1) is 30.0 Å². The van der Waals surface area contributed by atoms with Crippen LogP contribution in [0, 0.1) is 0 Å². The Kier molecular flexibility index (Phi) is 8.41. The van der Waals surface area contributed by atoms with E-state index in [2.05, 4.69) is 9.97 Å². The molecule has 0 bridgehead atoms. The van der Waals surface area contributed by atoms with Crippen LogP contribution >= 0.6 is 22.9 Å². The predicted octanol–water partition coefficient (Wildman–Crippen LogP) is 1.91. The number of anilines is 1. The molecule has 2 N–H and O–H groups in total. The quantitative estimate of drug-likeness (QED) is 0.398. The second-order valence-electron chi connectivity index (χ2n) is 8.33. The number of nitrogens with zero attached hydrogens (tertiary/aromatic N) is 4. The fourth-order valence-corrected chi connectivity index (χ4v) is 5.22. The normalized spacial score (nSPS) is 15.8. The minimum absolute atomic E-state index is 0.0277. The number of piperazine rings is 1. The largest absolute Gasteiger partial charge is 0.474 e. The van der Waals surface area contributed by atoms with Crippen LogP contribution in [0.3, 0.4) is 0 Å². The fraction of sp³-hybridized carbons (Fsp3) is 0.375. The molecule has 2 aromatic heterocycles. The van der Waals surface area contributed by atoms with Crippen molar-refractivity contribution in [2.24, 2.45) is 0 Å². The van der Waals surface area contributed by atoms with Crippen LogP contribution in [0.25, 0.3) is 10.9 Å². The summed E-state index contributed by atoms with van der Waals surface area (Å²) in [6.07, 6.45) is 1.37. The zero-order valence-corrected chi connectivity index (χ0v) is 21.9. The Bertz CT molecular complexity index is 1320. The van der Waals surface area contributed by atoms with Crippen LogP contribution in [-0.2, 0) is 36.8 Å². The molecule has 0 saturated carbocycles. The van der Waals surface area contributed by atoms with E-state index in [4.69, 9.17) is 31.5 Å². The number of nitrogen functional groups attached to an aromatic ring is 1. The van der Waals surface area contributed by atoms with E-state index < -0.39 is 12.0 Å². The molecule has 3 heterocycles. The molecule has 13 heteroatoms. The van der Waals surface area contributed by atoms with Crippen molar-refractivity contribution in [3.8, 4) is 5.06 Å². The highest BCUT2D eigenvalue weighted by atomic mass is 35.5. The van der Waals surface area contributed by atoms with Gasteiger partial charge in [-0.25, -0.2) is 9.97 Å². The average Bonchev–Trinajstić information content (AvgIpc) is 3.23. The number of amides is 2. The lowest BCUT2D eigenvalue weighted by Gasteiger charge is -2.40.